The van der Waals surface area contributed by atoms with E-state index in [1.807, 2.05) is 14.0 Å². The molecule has 0 saturated heterocycles. The van der Waals surface area contributed by atoms with Gasteiger partial charge in [-0.1, -0.05) is 30.3 Å². The number of nitrogens with two attached hydrogens (primary N) is 1. The molecule has 0 amide bonds. The van der Waals surface area contributed by atoms with Gasteiger partial charge in [0.25, 0.3) is 0 Å². The van der Waals surface area contributed by atoms with E-state index < -0.39 is 0 Å². The Morgan fingerprint density at radius 3 is 2.42 bits per heavy atom. The number of hydrogen-bond acceptors (Lipinski definition) is 2. The second-order valence-electron chi connectivity index (χ2n) is 4.82. The van der Waals surface area contributed by atoms with E-state index in [9.17, 15) is 0 Å². The van der Waals surface area contributed by atoms with Crippen LogP contribution in [0.3, 0.4) is 0 Å². The summed E-state index contributed by atoms with van der Waals surface area (Å²) < 4.78 is 2.12. The van der Waals surface area contributed by atoms with Crippen LogP contribution in [0.25, 0.3) is 22.2 Å². The molecule has 1 aromatic heterocycles. The lowest BCUT2D eigenvalue weighted by Gasteiger charge is -2.04. The zero-order chi connectivity index (χ0) is 13.4. The highest BCUT2D eigenvalue weighted by molar-refractivity contribution is 5.82. The lowest BCUT2D eigenvalue weighted by molar-refractivity contribution is 0.886. The van der Waals surface area contributed by atoms with Crippen molar-refractivity contribution in [3.8, 4) is 11.1 Å². The predicted octanol–water partition coefficient (Wildman–Crippen LogP) is 3.01. The Kier molecular flexibility index (Phi) is 2.84. The predicted molar refractivity (Wildman–Crippen MR) is 78.8 cm³/mol. The highest BCUT2D eigenvalue weighted by Gasteiger charge is 2.06. The van der Waals surface area contributed by atoms with Crippen molar-refractivity contribution >= 4 is 11.0 Å². The molecular formula is C16H17N3. The van der Waals surface area contributed by atoms with Crippen molar-refractivity contribution in [2.24, 2.45) is 12.8 Å². The van der Waals surface area contributed by atoms with Gasteiger partial charge in [-0.3, -0.25) is 0 Å². The zero-order valence-corrected chi connectivity index (χ0v) is 11.2. The SMILES string of the molecule is Cc1nc2ccc(-c3ccc(CN)cc3)cc2n1C. The number of imidazole rings is 1. The van der Waals surface area contributed by atoms with E-state index in [0.717, 1.165) is 22.4 Å². The molecule has 0 spiro atoms. The number of fused-ring (bicyclic) bond motifs is 1. The maximum atomic E-state index is 5.62. The summed E-state index contributed by atoms with van der Waals surface area (Å²) in [7, 11) is 2.05. The van der Waals surface area contributed by atoms with E-state index in [2.05, 4.69) is 52.0 Å². The van der Waals surface area contributed by atoms with Gasteiger partial charge in [0.05, 0.1) is 11.0 Å². The van der Waals surface area contributed by atoms with Crippen LogP contribution in [0.15, 0.2) is 42.5 Å². The molecule has 3 nitrogen and oxygen atoms in total. The molecule has 0 aliphatic heterocycles. The molecule has 0 aliphatic carbocycles. The van der Waals surface area contributed by atoms with E-state index in [1.165, 1.54) is 11.1 Å². The number of benzene rings is 2. The lowest BCUT2D eigenvalue weighted by atomic mass is 10.0. The monoisotopic (exact) mass is 251 g/mol. The summed E-state index contributed by atoms with van der Waals surface area (Å²) in [5.74, 6) is 1.03. The summed E-state index contributed by atoms with van der Waals surface area (Å²) in [6, 6.07) is 14.8. The van der Waals surface area contributed by atoms with Crippen molar-refractivity contribution in [3.05, 3.63) is 53.9 Å². The molecule has 0 saturated carbocycles. The van der Waals surface area contributed by atoms with Gasteiger partial charge in [0.15, 0.2) is 0 Å². The second kappa shape index (κ2) is 4.52. The zero-order valence-electron chi connectivity index (χ0n) is 11.2. The fourth-order valence-electron chi connectivity index (χ4n) is 2.32. The molecule has 0 unspecified atom stereocenters. The van der Waals surface area contributed by atoms with Gasteiger partial charge in [0, 0.05) is 13.6 Å². The molecule has 96 valence electrons. The normalized spacial score (nSPS) is 11.1. The minimum atomic E-state index is 0.584. The lowest BCUT2D eigenvalue weighted by Crippen LogP contribution is -1.95. The minimum Gasteiger partial charge on any atom is -0.331 e. The van der Waals surface area contributed by atoms with Crippen molar-refractivity contribution in [1.82, 2.24) is 9.55 Å². The maximum Gasteiger partial charge on any atom is 0.106 e. The number of rotatable bonds is 2. The summed E-state index contributed by atoms with van der Waals surface area (Å²) in [5.41, 5.74) is 11.4. The van der Waals surface area contributed by atoms with Crippen LogP contribution in [0.5, 0.6) is 0 Å². The molecule has 3 aromatic rings. The average Bonchev–Trinajstić information content (AvgIpc) is 2.74. The van der Waals surface area contributed by atoms with Crippen molar-refractivity contribution < 1.29 is 0 Å². The van der Waals surface area contributed by atoms with Crippen LogP contribution in [0, 0.1) is 6.92 Å². The Labute approximate surface area is 112 Å². The van der Waals surface area contributed by atoms with Crippen LogP contribution in [0.1, 0.15) is 11.4 Å². The van der Waals surface area contributed by atoms with Gasteiger partial charge in [0.2, 0.25) is 0 Å². The van der Waals surface area contributed by atoms with Gasteiger partial charge < -0.3 is 10.3 Å². The first-order valence-corrected chi connectivity index (χ1v) is 6.41. The van der Waals surface area contributed by atoms with Gasteiger partial charge in [0.1, 0.15) is 5.82 Å². The van der Waals surface area contributed by atoms with Crippen LogP contribution >= 0.6 is 0 Å². The average molecular weight is 251 g/mol. The molecule has 0 aliphatic rings. The van der Waals surface area contributed by atoms with E-state index in [0.29, 0.717) is 6.54 Å². The first-order valence-electron chi connectivity index (χ1n) is 6.41. The molecule has 3 rings (SSSR count). The van der Waals surface area contributed by atoms with Gasteiger partial charge in [-0.05, 0) is 35.7 Å². The van der Waals surface area contributed by atoms with Gasteiger partial charge in [-0.25, -0.2) is 4.98 Å². The van der Waals surface area contributed by atoms with Crippen LogP contribution in [-0.2, 0) is 13.6 Å². The summed E-state index contributed by atoms with van der Waals surface area (Å²) in [5, 5.41) is 0. The number of aryl methyl sites for hydroxylation is 2. The van der Waals surface area contributed by atoms with Gasteiger partial charge >= 0.3 is 0 Å². The van der Waals surface area contributed by atoms with Gasteiger partial charge in [-0.15, -0.1) is 0 Å². The van der Waals surface area contributed by atoms with Crippen molar-refractivity contribution in [1.29, 1.82) is 0 Å². The van der Waals surface area contributed by atoms with E-state index in [-0.39, 0.29) is 0 Å². The smallest absolute Gasteiger partial charge is 0.106 e. The Hall–Kier alpha value is -2.13. The topological polar surface area (TPSA) is 43.8 Å². The Balaban J connectivity index is 2.11. The standard InChI is InChI=1S/C16H17N3/c1-11-18-15-8-7-14(9-16(15)19(11)2)13-5-3-12(10-17)4-6-13/h3-9H,10,17H2,1-2H3. The third-order valence-corrected chi connectivity index (χ3v) is 3.63. The Morgan fingerprint density at radius 1 is 1.05 bits per heavy atom. The summed E-state index contributed by atoms with van der Waals surface area (Å²) in [6.07, 6.45) is 0. The fraction of sp³-hybridized carbons (Fsp3) is 0.188. The minimum absolute atomic E-state index is 0.584. The molecule has 0 fully saturated rings. The third kappa shape index (κ3) is 2.02. The molecule has 2 N–H and O–H groups in total. The third-order valence-electron chi connectivity index (χ3n) is 3.63. The van der Waals surface area contributed by atoms with Gasteiger partial charge in [-0.2, -0.15) is 0 Å². The molecule has 0 radical (unpaired) electrons. The summed E-state index contributed by atoms with van der Waals surface area (Å²) in [4.78, 5) is 4.52. The van der Waals surface area contributed by atoms with Crippen LogP contribution in [0.4, 0.5) is 0 Å². The number of nitrogens with zero attached hydrogens (tertiary/aromatic N) is 2. The molecule has 1 heterocycles. The molecule has 19 heavy (non-hydrogen) atoms. The van der Waals surface area contributed by atoms with Crippen LogP contribution in [-0.4, -0.2) is 9.55 Å². The van der Waals surface area contributed by atoms with Crippen LogP contribution in [0.2, 0.25) is 0 Å². The fourth-order valence-corrected chi connectivity index (χ4v) is 2.32. The van der Waals surface area contributed by atoms with Crippen molar-refractivity contribution in [2.75, 3.05) is 0 Å². The molecular weight excluding hydrogens is 234 g/mol. The highest BCUT2D eigenvalue weighted by Crippen LogP contribution is 2.24. The summed E-state index contributed by atoms with van der Waals surface area (Å²) in [6.45, 7) is 2.61. The highest BCUT2D eigenvalue weighted by atomic mass is 15.0. The molecule has 2 aromatic carbocycles. The summed E-state index contributed by atoms with van der Waals surface area (Å²) >= 11 is 0. The Morgan fingerprint density at radius 2 is 1.74 bits per heavy atom. The maximum absolute atomic E-state index is 5.62. The van der Waals surface area contributed by atoms with Crippen molar-refractivity contribution in [3.63, 3.8) is 0 Å². The molecule has 3 heteroatoms. The number of aromatic nitrogens is 2. The second-order valence-corrected chi connectivity index (χ2v) is 4.82. The largest absolute Gasteiger partial charge is 0.331 e. The number of hydrogen-bond donors (Lipinski definition) is 1. The quantitative estimate of drug-likeness (QED) is 0.761. The molecule has 0 atom stereocenters. The van der Waals surface area contributed by atoms with Crippen molar-refractivity contribution in [2.45, 2.75) is 13.5 Å². The molecule has 0 bridgehead atoms. The Bertz CT molecular complexity index is 724. The van der Waals surface area contributed by atoms with Crippen LogP contribution < -0.4 is 5.73 Å². The van der Waals surface area contributed by atoms with E-state index >= 15 is 0 Å². The van der Waals surface area contributed by atoms with E-state index in [1.54, 1.807) is 0 Å². The van der Waals surface area contributed by atoms with E-state index in [4.69, 9.17) is 5.73 Å². The first kappa shape index (κ1) is 11.9. The first-order chi connectivity index (χ1) is 9.19.